The number of carbonyl (C=O) groups is 1. The quantitative estimate of drug-likeness (QED) is 0.653. The van der Waals surface area contributed by atoms with Gasteiger partial charge in [-0.25, -0.2) is 0 Å². The van der Waals surface area contributed by atoms with Gasteiger partial charge >= 0.3 is 6.18 Å². The molecule has 0 rings (SSSR count). The van der Waals surface area contributed by atoms with Crippen molar-refractivity contribution >= 4 is 5.78 Å². The van der Waals surface area contributed by atoms with Crippen LogP contribution in [0.5, 0.6) is 0 Å². The molecule has 0 aromatic rings. The van der Waals surface area contributed by atoms with Gasteiger partial charge in [0.25, 0.3) is 0 Å². The molecular formula is C10H17F3O. The average molecular weight is 210 g/mol. The van der Waals surface area contributed by atoms with Crippen molar-refractivity contribution in [3.63, 3.8) is 0 Å². The van der Waals surface area contributed by atoms with Crippen LogP contribution in [0.2, 0.25) is 0 Å². The smallest absolute Gasteiger partial charge is 0.299 e. The van der Waals surface area contributed by atoms with Gasteiger partial charge in [0, 0.05) is 18.8 Å². The topological polar surface area (TPSA) is 17.1 Å². The average Bonchev–Trinajstić information content (AvgIpc) is 2.02. The van der Waals surface area contributed by atoms with E-state index in [9.17, 15) is 18.0 Å². The highest BCUT2D eigenvalue weighted by molar-refractivity contribution is 5.80. The summed E-state index contributed by atoms with van der Waals surface area (Å²) < 4.78 is 35.3. The fraction of sp³-hybridized carbons (Fsp3) is 0.900. The minimum absolute atomic E-state index is 0.0557. The molecule has 0 aliphatic rings. The van der Waals surface area contributed by atoms with Crippen LogP contribution < -0.4 is 0 Å². The molecule has 0 aliphatic heterocycles. The number of hydrogen-bond acceptors (Lipinski definition) is 1. The Morgan fingerprint density at radius 1 is 1.36 bits per heavy atom. The molecule has 0 N–H and O–H groups in total. The molecule has 0 amide bonds. The lowest BCUT2D eigenvalue weighted by Gasteiger charge is -2.10. The molecule has 1 nitrogen and oxygen atoms in total. The summed E-state index contributed by atoms with van der Waals surface area (Å²) in [7, 11) is 0. The van der Waals surface area contributed by atoms with Crippen molar-refractivity contribution in [1.82, 2.24) is 0 Å². The summed E-state index contributed by atoms with van der Waals surface area (Å²) in [4.78, 5) is 11.2. The zero-order chi connectivity index (χ0) is 11.2. The van der Waals surface area contributed by atoms with Crippen molar-refractivity contribution in [2.24, 2.45) is 5.92 Å². The van der Waals surface area contributed by atoms with Gasteiger partial charge in [0.05, 0.1) is 0 Å². The molecule has 0 radical (unpaired) electrons. The van der Waals surface area contributed by atoms with Crippen molar-refractivity contribution in [2.75, 3.05) is 0 Å². The lowest BCUT2D eigenvalue weighted by Crippen LogP contribution is -2.12. The number of ketones is 1. The van der Waals surface area contributed by atoms with Gasteiger partial charge in [0.1, 0.15) is 5.78 Å². The summed E-state index contributed by atoms with van der Waals surface area (Å²) in [5, 5.41) is 0. The molecule has 0 heterocycles. The molecule has 14 heavy (non-hydrogen) atoms. The Labute approximate surface area is 82.7 Å². The second kappa shape index (κ2) is 6.04. The summed E-state index contributed by atoms with van der Waals surface area (Å²) in [5.74, 6) is -0.146. The molecule has 4 heteroatoms. The highest BCUT2D eigenvalue weighted by Crippen LogP contribution is 2.24. The number of hydrogen-bond donors (Lipinski definition) is 0. The van der Waals surface area contributed by atoms with Crippen LogP contribution in [0, 0.1) is 5.92 Å². The van der Waals surface area contributed by atoms with E-state index in [1.807, 2.05) is 6.92 Å². The van der Waals surface area contributed by atoms with Gasteiger partial charge in [-0.05, 0) is 19.3 Å². The van der Waals surface area contributed by atoms with Gasteiger partial charge in [-0.3, -0.25) is 4.79 Å². The van der Waals surface area contributed by atoms with E-state index in [2.05, 4.69) is 0 Å². The largest absolute Gasteiger partial charge is 0.389 e. The third-order valence-corrected chi connectivity index (χ3v) is 2.14. The van der Waals surface area contributed by atoms with Gasteiger partial charge in [0.2, 0.25) is 0 Å². The van der Waals surface area contributed by atoms with Gasteiger partial charge in [-0.2, -0.15) is 13.2 Å². The van der Waals surface area contributed by atoms with Gasteiger partial charge in [-0.1, -0.05) is 13.8 Å². The second-order valence-electron chi connectivity index (χ2n) is 3.62. The Kier molecular flexibility index (Phi) is 5.81. The Bertz CT molecular complexity index is 175. The van der Waals surface area contributed by atoms with E-state index in [4.69, 9.17) is 0 Å². The molecule has 0 spiro atoms. The minimum atomic E-state index is -4.09. The normalized spacial score (nSPS) is 14.1. The highest BCUT2D eigenvalue weighted by Gasteiger charge is 2.26. The Hall–Kier alpha value is -0.540. The maximum Gasteiger partial charge on any atom is 0.389 e. The first-order valence-electron chi connectivity index (χ1n) is 4.96. The lowest BCUT2D eigenvalue weighted by atomic mass is 9.96. The van der Waals surface area contributed by atoms with Crippen molar-refractivity contribution in [3.05, 3.63) is 0 Å². The molecule has 0 bridgehead atoms. The van der Waals surface area contributed by atoms with Crippen molar-refractivity contribution in [1.29, 1.82) is 0 Å². The monoisotopic (exact) mass is 210 g/mol. The van der Waals surface area contributed by atoms with E-state index in [1.54, 1.807) is 6.92 Å². The Morgan fingerprint density at radius 3 is 2.36 bits per heavy atom. The summed E-state index contributed by atoms with van der Waals surface area (Å²) >= 11 is 0. The molecule has 1 atom stereocenters. The van der Waals surface area contributed by atoms with Crippen LogP contribution in [0.15, 0.2) is 0 Å². The lowest BCUT2D eigenvalue weighted by molar-refractivity contribution is -0.137. The third kappa shape index (κ3) is 6.92. The molecule has 0 aromatic carbocycles. The van der Waals surface area contributed by atoms with E-state index in [-0.39, 0.29) is 18.1 Å². The zero-order valence-electron chi connectivity index (χ0n) is 8.66. The van der Waals surface area contributed by atoms with Crippen LogP contribution in [-0.2, 0) is 4.79 Å². The molecule has 84 valence electrons. The first-order valence-corrected chi connectivity index (χ1v) is 4.96. The molecular weight excluding hydrogens is 193 g/mol. The van der Waals surface area contributed by atoms with E-state index in [1.165, 1.54) is 0 Å². The maximum absolute atomic E-state index is 11.8. The van der Waals surface area contributed by atoms with Crippen molar-refractivity contribution < 1.29 is 18.0 Å². The van der Waals surface area contributed by atoms with E-state index in [0.717, 1.165) is 6.42 Å². The molecule has 0 saturated carbocycles. The summed E-state index contributed by atoms with van der Waals surface area (Å²) in [6, 6.07) is 0. The van der Waals surface area contributed by atoms with Crippen molar-refractivity contribution in [3.8, 4) is 0 Å². The third-order valence-electron chi connectivity index (χ3n) is 2.14. The number of rotatable bonds is 6. The summed E-state index contributed by atoms with van der Waals surface area (Å²) in [6.07, 6.45) is -3.22. The Balaban J connectivity index is 3.63. The maximum atomic E-state index is 11.8. The second-order valence-corrected chi connectivity index (χ2v) is 3.62. The van der Waals surface area contributed by atoms with Crippen LogP contribution in [0.4, 0.5) is 13.2 Å². The fourth-order valence-corrected chi connectivity index (χ4v) is 1.26. The Morgan fingerprint density at radius 2 is 1.93 bits per heavy atom. The van der Waals surface area contributed by atoms with Gasteiger partial charge in [-0.15, -0.1) is 0 Å². The SMILES string of the molecule is CCCC(=O)C(C)CCCC(F)(F)F. The van der Waals surface area contributed by atoms with Crippen LogP contribution in [-0.4, -0.2) is 12.0 Å². The van der Waals surface area contributed by atoms with E-state index >= 15 is 0 Å². The predicted octanol–water partition coefficient (Wildman–Crippen LogP) is 3.72. The van der Waals surface area contributed by atoms with Crippen LogP contribution in [0.3, 0.4) is 0 Å². The fourth-order valence-electron chi connectivity index (χ4n) is 1.26. The molecule has 0 saturated heterocycles. The zero-order valence-corrected chi connectivity index (χ0v) is 8.66. The standard InChI is InChI=1S/C10H17F3O/c1-3-5-9(14)8(2)6-4-7-10(11,12)13/h8H,3-7H2,1-2H3. The van der Waals surface area contributed by atoms with Crippen LogP contribution >= 0.6 is 0 Å². The highest BCUT2D eigenvalue weighted by atomic mass is 19.4. The van der Waals surface area contributed by atoms with Crippen molar-refractivity contribution in [2.45, 2.75) is 52.1 Å². The molecule has 1 unspecified atom stereocenters. The number of alkyl halides is 3. The number of carbonyl (C=O) groups excluding carboxylic acids is 1. The van der Waals surface area contributed by atoms with Crippen LogP contribution in [0.1, 0.15) is 46.0 Å². The van der Waals surface area contributed by atoms with Gasteiger partial charge in [0.15, 0.2) is 0 Å². The summed E-state index contributed by atoms with van der Waals surface area (Å²) in [5.41, 5.74) is 0. The summed E-state index contributed by atoms with van der Waals surface area (Å²) in [6.45, 7) is 3.59. The minimum Gasteiger partial charge on any atom is -0.299 e. The predicted molar refractivity (Wildman–Crippen MR) is 49.0 cm³/mol. The first-order chi connectivity index (χ1) is 6.37. The van der Waals surface area contributed by atoms with Gasteiger partial charge < -0.3 is 0 Å². The molecule has 0 fully saturated rings. The number of Topliss-reactive ketones (excluding diaryl/α,β-unsaturated/α-hetero) is 1. The van der Waals surface area contributed by atoms with Crippen LogP contribution in [0.25, 0.3) is 0 Å². The molecule has 0 aliphatic carbocycles. The first kappa shape index (κ1) is 13.5. The van der Waals surface area contributed by atoms with E-state index in [0.29, 0.717) is 12.8 Å². The van der Waals surface area contributed by atoms with E-state index < -0.39 is 12.6 Å². The molecule has 0 aromatic heterocycles. The number of halogens is 3.